The van der Waals surface area contributed by atoms with Crippen molar-refractivity contribution in [3.63, 3.8) is 0 Å². The first-order valence-corrected chi connectivity index (χ1v) is 6.83. The van der Waals surface area contributed by atoms with Crippen molar-refractivity contribution in [1.29, 1.82) is 0 Å². The maximum atomic E-state index is 12.2. The van der Waals surface area contributed by atoms with E-state index >= 15 is 0 Å². The number of hydrogen-bond donors (Lipinski definition) is 0. The molecular formula is C18H16O3. The maximum Gasteiger partial charge on any atom is 0.338 e. The molecule has 0 bridgehead atoms. The highest BCUT2D eigenvalue weighted by Gasteiger charge is 2.33. The van der Waals surface area contributed by atoms with Gasteiger partial charge in [0.1, 0.15) is 11.5 Å². The third kappa shape index (κ3) is 2.31. The number of hydrogen-bond acceptors (Lipinski definition) is 3. The molecule has 1 aliphatic heterocycles. The second-order valence-corrected chi connectivity index (χ2v) is 4.95. The lowest BCUT2D eigenvalue weighted by Crippen LogP contribution is -2.22. The Morgan fingerprint density at radius 2 is 1.71 bits per heavy atom. The largest absolute Gasteiger partial charge is 0.466 e. The Labute approximate surface area is 123 Å². The zero-order valence-corrected chi connectivity index (χ0v) is 12.0. The van der Waals surface area contributed by atoms with Crippen LogP contribution in [0, 0.1) is 0 Å². The van der Waals surface area contributed by atoms with E-state index < -0.39 is 0 Å². The van der Waals surface area contributed by atoms with Crippen LogP contribution in [0.25, 0.3) is 0 Å². The van der Waals surface area contributed by atoms with Crippen LogP contribution in [0.2, 0.25) is 0 Å². The fraction of sp³-hybridized carbons (Fsp3) is 0.167. The van der Waals surface area contributed by atoms with Gasteiger partial charge >= 0.3 is 5.97 Å². The van der Waals surface area contributed by atoms with Crippen molar-refractivity contribution in [3.8, 4) is 5.75 Å². The van der Waals surface area contributed by atoms with Gasteiger partial charge in [-0.2, -0.15) is 0 Å². The zero-order valence-electron chi connectivity index (χ0n) is 12.0. The smallest absolute Gasteiger partial charge is 0.338 e. The minimum atomic E-state index is -0.351. The summed E-state index contributed by atoms with van der Waals surface area (Å²) < 4.78 is 10.7. The molecule has 3 heteroatoms. The van der Waals surface area contributed by atoms with E-state index in [4.69, 9.17) is 9.47 Å². The number of methoxy groups -OCH3 is 1. The summed E-state index contributed by atoms with van der Waals surface area (Å²) in [5.41, 5.74) is 2.59. The van der Waals surface area contributed by atoms with Crippen molar-refractivity contribution in [3.05, 3.63) is 77.1 Å². The van der Waals surface area contributed by atoms with E-state index in [1.165, 1.54) is 7.11 Å². The highest BCUT2D eigenvalue weighted by Crippen LogP contribution is 2.43. The summed E-state index contributed by atoms with van der Waals surface area (Å²) in [6.45, 7) is 1.80. The summed E-state index contributed by atoms with van der Waals surface area (Å²) in [7, 11) is 1.39. The van der Waals surface area contributed by atoms with Gasteiger partial charge in [0, 0.05) is 11.5 Å². The van der Waals surface area contributed by atoms with Crippen molar-refractivity contribution in [2.75, 3.05) is 7.11 Å². The molecule has 3 rings (SSSR count). The highest BCUT2D eigenvalue weighted by molar-refractivity contribution is 5.92. The summed E-state index contributed by atoms with van der Waals surface area (Å²) in [6.07, 6.45) is 0. The highest BCUT2D eigenvalue weighted by atomic mass is 16.5. The van der Waals surface area contributed by atoms with Gasteiger partial charge in [0.2, 0.25) is 0 Å². The Hall–Kier alpha value is -2.55. The summed E-state index contributed by atoms with van der Waals surface area (Å²) >= 11 is 0. The summed E-state index contributed by atoms with van der Waals surface area (Å²) in [6, 6.07) is 17.7. The molecule has 0 spiro atoms. The zero-order chi connectivity index (χ0) is 14.8. The van der Waals surface area contributed by atoms with E-state index in [1.807, 2.05) is 54.6 Å². The molecule has 0 aliphatic carbocycles. The molecule has 0 amide bonds. The van der Waals surface area contributed by atoms with Gasteiger partial charge in [-0.3, -0.25) is 0 Å². The lowest BCUT2D eigenvalue weighted by molar-refractivity contribution is -0.136. The van der Waals surface area contributed by atoms with E-state index in [-0.39, 0.29) is 11.9 Å². The van der Waals surface area contributed by atoms with E-state index in [0.29, 0.717) is 11.3 Å². The number of ether oxygens (including phenoxy) is 2. The molecule has 3 nitrogen and oxygen atoms in total. The third-order valence-corrected chi connectivity index (χ3v) is 3.70. The Bertz CT molecular complexity index is 701. The molecule has 0 radical (unpaired) electrons. The summed E-state index contributed by atoms with van der Waals surface area (Å²) in [5, 5.41) is 0. The average molecular weight is 280 g/mol. The quantitative estimate of drug-likeness (QED) is 0.788. The summed E-state index contributed by atoms with van der Waals surface area (Å²) in [4.78, 5) is 12.2. The number of carbonyl (C=O) groups excluding carboxylic acids is 1. The number of esters is 1. The van der Waals surface area contributed by atoms with Crippen LogP contribution >= 0.6 is 0 Å². The average Bonchev–Trinajstić information content (AvgIpc) is 2.53. The van der Waals surface area contributed by atoms with Crippen LogP contribution in [-0.2, 0) is 9.53 Å². The van der Waals surface area contributed by atoms with E-state index in [1.54, 1.807) is 6.92 Å². The van der Waals surface area contributed by atoms with Crippen LogP contribution in [0.4, 0.5) is 0 Å². The van der Waals surface area contributed by atoms with Crippen LogP contribution < -0.4 is 4.74 Å². The molecule has 1 heterocycles. The minimum Gasteiger partial charge on any atom is -0.466 e. The molecule has 0 aromatic heterocycles. The van der Waals surface area contributed by atoms with Crippen LogP contribution in [0.1, 0.15) is 24.0 Å². The van der Waals surface area contributed by atoms with Gasteiger partial charge in [0.25, 0.3) is 0 Å². The molecule has 2 aromatic rings. The van der Waals surface area contributed by atoms with Crippen LogP contribution in [0.15, 0.2) is 65.9 Å². The number of carbonyl (C=O) groups is 1. The molecule has 0 saturated heterocycles. The van der Waals surface area contributed by atoms with Gasteiger partial charge in [-0.05, 0) is 18.6 Å². The number of rotatable bonds is 2. The monoisotopic (exact) mass is 280 g/mol. The van der Waals surface area contributed by atoms with E-state index in [9.17, 15) is 4.79 Å². The van der Waals surface area contributed by atoms with Gasteiger partial charge < -0.3 is 9.47 Å². The van der Waals surface area contributed by atoms with Crippen LogP contribution in [0.5, 0.6) is 5.75 Å². The second-order valence-electron chi connectivity index (χ2n) is 4.95. The second kappa shape index (κ2) is 5.44. The molecule has 106 valence electrons. The van der Waals surface area contributed by atoms with Crippen molar-refractivity contribution in [2.24, 2.45) is 0 Å². The van der Waals surface area contributed by atoms with Gasteiger partial charge in [-0.25, -0.2) is 4.79 Å². The molecule has 1 aliphatic rings. The van der Waals surface area contributed by atoms with Gasteiger partial charge in [0.15, 0.2) is 0 Å². The standard InChI is InChI=1S/C18H16O3/c1-12-16(18(19)20-2)17(13-8-4-3-5-9-13)14-10-6-7-11-15(14)21-12/h3-11,17H,1-2H3/t17-/m0/s1. The van der Waals surface area contributed by atoms with Crippen molar-refractivity contribution in [1.82, 2.24) is 0 Å². The van der Waals surface area contributed by atoms with Crippen molar-refractivity contribution >= 4 is 5.97 Å². The van der Waals surface area contributed by atoms with Crippen LogP contribution in [0.3, 0.4) is 0 Å². The lowest BCUT2D eigenvalue weighted by Gasteiger charge is -2.28. The predicted octanol–water partition coefficient (Wildman–Crippen LogP) is 3.66. The SMILES string of the molecule is COC(=O)C1=C(C)Oc2ccccc2[C@@H]1c1ccccc1. The number of benzene rings is 2. The molecule has 21 heavy (non-hydrogen) atoms. The molecule has 2 aromatic carbocycles. The summed E-state index contributed by atoms with van der Waals surface area (Å²) in [5.74, 6) is 0.866. The first-order chi connectivity index (χ1) is 10.2. The topological polar surface area (TPSA) is 35.5 Å². The fourth-order valence-electron chi connectivity index (χ4n) is 2.75. The number of para-hydroxylation sites is 1. The number of allylic oxidation sites excluding steroid dienone is 1. The Morgan fingerprint density at radius 3 is 2.43 bits per heavy atom. The fourth-order valence-corrected chi connectivity index (χ4v) is 2.75. The molecule has 0 unspecified atom stereocenters. The van der Waals surface area contributed by atoms with E-state index in [0.717, 1.165) is 16.9 Å². The normalized spacial score (nSPS) is 17.0. The molecular weight excluding hydrogens is 264 g/mol. The first kappa shape index (κ1) is 13.4. The van der Waals surface area contributed by atoms with E-state index in [2.05, 4.69) is 0 Å². The van der Waals surface area contributed by atoms with Crippen LogP contribution in [-0.4, -0.2) is 13.1 Å². The van der Waals surface area contributed by atoms with Gasteiger partial charge in [-0.1, -0.05) is 48.5 Å². The number of fused-ring (bicyclic) bond motifs is 1. The van der Waals surface area contributed by atoms with Crippen molar-refractivity contribution in [2.45, 2.75) is 12.8 Å². The van der Waals surface area contributed by atoms with Gasteiger partial charge in [-0.15, -0.1) is 0 Å². The molecule has 0 fully saturated rings. The maximum absolute atomic E-state index is 12.2. The third-order valence-electron chi connectivity index (χ3n) is 3.70. The first-order valence-electron chi connectivity index (χ1n) is 6.83. The lowest BCUT2D eigenvalue weighted by atomic mass is 9.82. The Balaban J connectivity index is 2.21. The van der Waals surface area contributed by atoms with Crippen molar-refractivity contribution < 1.29 is 14.3 Å². The molecule has 0 saturated carbocycles. The molecule has 1 atom stereocenters. The minimum absolute atomic E-state index is 0.163. The Kier molecular flexibility index (Phi) is 3.48. The Morgan fingerprint density at radius 1 is 1.05 bits per heavy atom. The van der Waals surface area contributed by atoms with Gasteiger partial charge in [0.05, 0.1) is 12.7 Å². The predicted molar refractivity (Wildman–Crippen MR) is 80.1 cm³/mol. The molecule has 0 N–H and O–H groups in total.